The Balaban J connectivity index is 2.53. The van der Waals surface area contributed by atoms with Crippen molar-refractivity contribution in [1.82, 2.24) is 0 Å². The number of nitrogens with one attached hydrogen (secondary N) is 1. The van der Waals surface area contributed by atoms with Crippen LogP contribution in [0.1, 0.15) is 31.1 Å². The molecule has 4 heteroatoms. The van der Waals surface area contributed by atoms with Crippen molar-refractivity contribution in [2.45, 2.75) is 26.3 Å². The zero-order valence-electron chi connectivity index (χ0n) is 11.4. The smallest absolute Gasteiger partial charge is 0.340 e. The number of hydrogen-bond donors (Lipinski definition) is 1. The van der Waals surface area contributed by atoms with Gasteiger partial charge in [-0.15, -0.1) is 0 Å². The number of esters is 1. The van der Waals surface area contributed by atoms with Gasteiger partial charge in [0.1, 0.15) is 0 Å². The second-order valence-corrected chi connectivity index (χ2v) is 5.10. The molecular formula is C14H20N2O2. The number of benzene rings is 1. The summed E-state index contributed by atoms with van der Waals surface area (Å²) in [6, 6.07) is 5.74. The SMILES string of the molecule is CCN1c2cccc(C(=O)OC)c2NCC1(C)C. The highest BCUT2D eigenvalue weighted by Gasteiger charge is 2.33. The molecule has 0 saturated carbocycles. The first-order chi connectivity index (χ1) is 8.51. The molecule has 18 heavy (non-hydrogen) atoms. The third-order valence-corrected chi connectivity index (χ3v) is 3.48. The van der Waals surface area contributed by atoms with Crippen LogP contribution >= 0.6 is 0 Å². The van der Waals surface area contributed by atoms with Gasteiger partial charge in [-0.05, 0) is 32.9 Å². The summed E-state index contributed by atoms with van der Waals surface area (Å²) in [4.78, 5) is 14.1. The molecular weight excluding hydrogens is 228 g/mol. The first-order valence-corrected chi connectivity index (χ1v) is 6.24. The molecule has 1 N–H and O–H groups in total. The van der Waals surface area contributed by atoms with Crippen molar-refractivity contribution in [3.8, 4) is 0 Å². The Morgan fingerprint density at radius 1 is 1.50 bits per heavy atom. The highest BCUT2D eigenvalue weighted by molar-refractivity contribution is 5.99. The monoisotopic (exact) mass is 248 g/mol. The van der Waals surface area contributed by atoms with Crippen LogP contribution in [0.5, 0.6) is 0 Å². The number of likely N-dealkylation sites (N-methyl/N-ethyl adjacent to an activating group) is 1. The zero-order chi connectivity index (χ0) is 13.3. The Bertz CT molecular complexity index is 469. The first-order valence-electron chi connectivity index (χ1n) is 6.24. The molecule has 1 heterocycles. The molecule has 1 aliphatic rings. The fourth-order valence-electron chi connectivity index (χ4n) is 2.56. The number of carbonyl (C=O) groups is 1. The summed E-state index contributed by atoms with van der Waals surface area (Å²) in [6.45, 7) is 8.23. The van der Waals surface area contributed by atoms with E-state index in [1.807, 2.05) is 12.1 Å². The molecule has 0 amide bonds. The summed E-state index contributed by atoms with van der Waals surface area (Å²) in [5.41, 5.74) is 2.59. The number of para-hydroxylation sites is 1. The second-order valence-electron chi connectivity index (χ2n) is 5.10. The van der Waals surface area contributed by atoms with E-state index >= 15 is 0 Å². The maximum Gasteiger partial charge on any atom is 0.340 e. The van der Waals surface area contributed by atoms with Gasteiger partial charge in [-0.2, -0.15) is 0 Å². The van der Waals surface area contributed by atoms with Crippen molar-refractivity contribution in [3.63, 3.8) is 0 Å². The molecule has 4 nitrogen and oxygen atoms in total. The highest BCUT2D eigenvalue weighted by Crippen LogP contribution is 2.38. The van der Waals surface area contributed by atoms with Crippen molar-refractivity contribution in [1.29, 1.82) is 0 Å². The molecule has 0 atom stereocenters. The summed E-state index contributed by atoms with van der Waals surface area (Å²) >= 11 is 0. The van der Waals surface area contributed by atoms with E-state index < -0.39 is 0 Å². The number of nitrogens with zero attached hydrogens (tertiary/aromatic N) is 1. The Morgan fingerprint density at radius 3 is 2.83 bits per heavy atom. The minimum atomic E-state index is -0.296. The fourth-order valence-corrected chi connectivity index (χ4v) is 2.56. The molecule has 2 rings (SSSR count). The predicted octanol–water partition coefficient (Wildman–Crippen LogP) is 2.50. The lowest BCUT2D eigenvalue weighted by molar-refractivity contribution is 0.0601. The van der Waals surface area contributed by atoms with Crippen LogP contribution in [-0.2, 0) is 4.74 Å². The van der Waals surface area contributed by atoms with Crippen LogP contribution in [0.25, 0.3) is 0 Å². The van der Waals surface area contributed by atoms with Gasteiger partial charge >= 0.3 is 5.97 Å². The van der Waals surface area contributed by atoms with Gasteiger partial charge in [0.2, 0.25) is 0 Å². The lowest BCUT2D eigenvalue weighted by Crippen LogP contribution is -2.52. The van der Waals surface area contributed by atoms with Gasteiger partial charge < -0.3 is 15.0 Å². The van der Waals surface area contributed by atoms with Crippen LogP contribution in [0.3, 0.4) is 0 Å². The number of ether oxygens (including phenoxy) is 1. The quantitative estimate of drug-likeness (QED) is 0.816. The molecule has 98 valence electrons. The van der Waals surface area contributed by atoms with Gasteiger partial charge in [0.15, 0.2) is 0 Å². The van der Waals surface area contributed by atoms with E-state index in [4.69, 9.17) is 4.74 Å². The number of anilines is 2. The highest BCUT2D eigenvalue weighted by atomic mass is 16.5. The predicted molar refractivity (Wildman–Crippen MR) is 73.4 cm³/mol. The summed E-state index contributed by atoms with van der Waals surface area (Å²) in [7, 11) is 1.41. The standard InChI is InChI=1S/C14H20N2O2/c1-5-16-11-8-6-7-10(13(17)18-4)12(11)15-9-14(16,2)3/h6-8,15H,5,9H2,1-4H3. The van der Waals surface area contributed by atoms with Gasteiger partial charge in [0, 0.05) is 13.1 Å². The van der Waals surface area contributed by atoms with E-state index in [2.05, 4.69) is 31.0 Å². The van der Waals surface area contributed by atoms with E-state index in [0.717, 1.165) is 24.5 Å². The van der Waals surface area contributed by atoms with Crippen molar-refractivity contribution in [2.24, 2.45) is 0 Å². The van der Waals surface area contributed by atoms with Crippen molar-refractivity contribution in [3.05, 3.63) is 23.8 Å². The maximum absolute atomic E-state index is 11.8. The van der Waals surface area contributed by atoms with Crippen LogP contribution < -0.4 is 10.2 Å². The van der Waals surface area contributed by atoms with Gasteiger partial charge in [-0.1, -0.05) is 6.07 Å². The average molecular weight is 248 g/mol. The number of fused-ring (bicyclic) bond motifs is 1. The second kappa shape index (κ2) is 4.52. The number of hydrogen-bond acceptors (Lipinski definition) is 4. The molecule has 0 unspecified atom stereocenters. The molecule has 0 fully saturated rings. The molecule has 1 aromatic carbocycles. The van der Waals surface area contributed by atoms with Gasteiger partial charge in [0.05, 0.1) is 29.6 Å². The summed E-state index contributed by atoms with van der Waals surface area (Å²) in [5, 5.41) is 3.36. The molecule has 0 radical (unpaired) electrons. The van der Waals surface area contributed by atoms with Crippen molar-refractivity contribution >= 4 is 17.3 Å². The molecule has 0 spiro atoms. The van der Waals surface area contributed by atoms with Gasteiger partial charge in [-0.3, -0.25) is 0 Å². The zero-order valence-corrected chi connectivity index (χ0v) is 11.4. The van der Waals surface area contributed by atoms with Crippen LogP contribution in [0.4, 0.5) is 11.4 Å². The van der Waals surface area contributed by atoms with Gasteiger partial charge in [0.25, 0.3) is 0 Å². The lowest BCUT2D eigenvalue weighted by atomic mass is 9.96. The Kier molecular flexibility index (Phi) is 3.20. The van der Waals surface area contributed by atoms with Gasteiger partial charge in [-0.25, -0.2) is 4.79 Å². The Labute approximate surface area is 108 Å². The van der Waals surface area contributed by atoms with Crippen LogP contribution in [0, 0.1) is 0 Å². The van der Waals surface area contributed by atoms with Crippen LogP contribution in [0.2, 0.25) is 0 Å². The largest absolute Gasteiger partial charge is 0.465 e. The lowest BCUT2D eigenvalue weighted by Gasteiger charge is -2.45. The van der Waals surface area contributed by atoms with Crippen LogP contribution in [-0.4, -0.2) is 31.7 Å². The number of carbonyl (C=O) groups excluding carboxylic acids is 1. The maximum atomic E-state index is 11.8. The minimum Gasteiger partial charge on any atom is -0.465 e. The summed E-state index contributed by atoms with van der Waals surface area (Å²) < 4.78 is 4.83. The summed E-state index contributed by atoms with van der Waals surface area (Å²) in [5.74, 6) is -0.296. The molecule has 0 aromatic heterocycles. The Morgan fingerprint density at radius 2 is 2.22 bits per heavy atom. The van der Waals surface area contributed by atoms with E-state index in [0.29, 0.717) is 5.56 Å². The molecule has 0 aliphatic carbocycles. The normalized spacial score (nSPS) is 16.8. The van der Waals surface area contributed by atoms with E-state index in [1.54, 1.807) is 6.07 Å². The topological polar surface area (TPSA) is 41.6 Å². The van der Waals surface area contributed by atoms with E-state index in [9.17, 15) is 4.79 Å². The van der Waals surface area contributed by atoms with E-state index in [1.165, 1.54) is 7.11 Å². The Hall–Kier alpha value is -1.71. The van der Waals surface area contributed by atoms with Crippen molar-refractivity contribution < 1.29 is 9.53 Å². The van der Waals surface area contributed by atoms with Crippen molar-refractivity contribution in [2.75, 3.05) is 30.4 Å². The molecule has 1 aromatic rings. The minimum absolute atomic E-state index is 0.0382. The molecule has 0 bridgehead atoms. The number of methoxy groups -OCH3 is 1. The average Bonchev–Trinajstić information content (AvgIpc) is 2.36. The molecule has 1 aliphatic heterocycles. The van der Waals surface area contributed by atoms with Crippen LogP contribution in [0.15, 0.2) is 18.2 Å². The third-order valence-electron chi connectivity index (χ3n) is 3.48. The number of rotatable bonds is 2. The third kappa shape index (κ3) is 1.92. The summed E-state index contributed by atoms with van der Waals surface area (Å²) in [6.07, 6.45) is 0. The van der Waals surface area contributed by atoms with E-state index in [-0.39, 0.29) is 11.5 Å². The fraction of sp³-hybridized carbons (Fsp3) is 0.500. The molecule has 0 saturated heterocycles. The first kappa shape index (κ1) is 12.7.